The van der Waals surface area contributed by atoms with Crippen LogP contribution in [0.2, 0.25) is 5.02 Å². The molecule has 198 valence electrons. The van der Waals surface area contributed by atoms with Gasteiger partial charge in [0.25, 0.3) is 0 Å². The maximum Gasteiger partial charge on any atom is 0.309 e. The number of aromatic nitrogens is 1. The van der Waals surface area contributed by atoms with Crippen molar-refractivity contribution in [3.63, 3.8) is 0 Å². The van der Waals surface area contributed by atoms with Crippen molar-refractivity contribution in [2.45, 2.75) is 36.8 Å². The van der Waals surface area contributed by atoms with Crippen molar-refractivity contribution in [2.24, 2.45) is 5.41 Å². The lowest BCUT2D eigenvalue weighted by Crippen LogP contribution is -2.45. The lowest BCUT2D eigenvalue weighted by Gasteiger charge is -2.39. The lowest BCUT2D eigenvalue weighted by molar-refractivity contribution is -0.153. The van der Waals surface area contributed by atoms with Gasteiger partial charge in [0.1, 0.15) is 23.6 Å². The number of methoxy groups -OCH3 is 1. The fourth-order valence-electron chi connectivity index (χ4n) is 4.81. The quantitative estimate of drug-likeness (QED) is 0.275. The number of benzene rings is 2. The van der Waals surface area contributed by atoms with Gasteiger partial charge < -0.3 is 14.7 Å². The highest BCUT2D eigenvalue weighted by molar-refractivity contribution is 7.99. The minimum atomic E-state index is -1.46. The molecule has 0 amide bonds. The van der Waals surface area contributed by atoms with Crippen LogP contribution < -0.4 is 4.74 Å². The van der Waals surface area contributed by atoms with Gasteiger partial charge in [-0.1, -0.05) is 11.6 Å². The van der Waals surface area contributed by atoms with Crippen LogP contribution in [0.15, 0.2) is 47.5 Å². The summed E-state index contributed by atoms with van der Waals surface area (Å²) >= 11 is 7.56. The number of halogens is 4. The monoisotopic (exact) mass is 552 g/mol. The fourth-order valence-corrected chi connectivity index (χ4v) is 6.05. The summed E-state index contributed by atoms with van der Waals surface area (Å²) in [5.74, 6) is -0.777. The van der Waals surface area contributed by atoms with Crippen LogP contribution in [0.1, 0.15) is 37.4 Å². The highest BCUT2D eigenvalue weighted by Gasteiger charge is 2.41. The van der Waals surface area contributed by atoms with Crippen molar-refractivity contribution in [3.05, 3.63) is 64.8 Å². The van der Waals surface area contributed by atoms with Crippen molar-refractivity contribution in [1.82, 2.24) is 9.88 Å². The van der Waals surface area contributed by atoms with Crippen LogP contribution in [0.4, 0.5) is 13.2 Å². The Hall–Kier alpha value is -2.49. The first-order valence-electron chi connectivity index (χ1n) is 12.0. The number of nitrogens with zero attached hydrogens (tertiary/aromatic N) is 2. The largest absolute Gasteiger partial charge is 0.497 e. The molecule has 0 saturated carbocycles. The number of piperidine rings is 1. The molecule has 1 aliphatic heterocycles. The van der Waals surface area contributed by atoms with E-state index in [2.05, 4.69) is 9.88 Å². The van der Waals surface area contributed by atoms with E-state index in [0.717, 1.165) is 12.1 Å². The summed E-state index contributed by atoms with van der Waals surface area (Å²) in [6, 6.07) is 8.52. The zero-order chi connectivity index (χ0) is 26.6. The molecule has 3 aromatic rings. The van der Waals surface area contributed by atoms with E-state index < -0.39 is 29.2 Å². The molecule has 0 spiro atoms. The van der Waals surface area contributed by atoms with Crippen molar-refractivity contribution < 1.29 is 27.8 Å². The minimum absolute atomic E-state index is 0.0110. The third-order valence-electron chi connectivity index (χ3n) is 7.08. The van der Waals surface area contributed by atoms with E-state index in [1.165, 1.54) is 31.1 Å². The maximum atomic E-state index is 15.6. The number of thioether (sulfide) groups is 1. The SMILES string of the molecule is COc1ccc2ncc(Cl)c([C@@H](F)CCC3(C(=O)O)CCN(CCSc4cc(F)ccc4F)CC3)c2c1. The Morgan fingerprint density at radius 2 is 2.00 bits per heavy atom. The number of ether oxygens (including phenoxy) is 1. The van der Waals surface area contributed by atoms with E-state index in [9.17, 15) is 18.7 Å². The molecule has 0 bridgehead atoms. The smallest absolute Gasteiger partial charge is 0.309 e. The Bertz CT molecular complexity index is 1270. The van der Waals surface area contributed by atoms with Crippen molar-refractivity contribution in [1.29, 1.82) is 0 Å². The number of hydrogen-bond acceptors (Lipinski definition) is 5. The number of alkyl halides is 1. The number of rotatable bonds is 10. The molecule has 1 fully saturated rings. The number of likely N-dealkylation sites (tertiary alicyclic amines) is 1. The average molecular weight is 553 g/mol. The molecule has 1 N–H and O–H groups in total. The molecular formula is C27H28ClF3N2O3S. The Morgan fingerprint density at radius 3 is 2.70 bits per heavy atom. The van der Waals surface area contributed by atoms with Gasteiger partial charge in [0.05, 0.1) is 23.1 Å². The van der Waals surface area contributed by atoms with Gasteiger partial charge >= 0.3 is 5.97 Å². The van der Waals surface area contributed by atoms with E-state index in [0.29, 0.717) is 60.4 Å². The Kier molecular flexibility index (Phi) is 8.87. The van der Waals surface area contributed by atoms with Gasteiger partial charge in [-0.05, 0) is 75.2 Å². The van der Waals surface area contributed by atoms with E-state index in [4.69, 9.17) is 16.3 Å². The van der Waals surface area contributed by atoms with Crippen LogP contribution in [-0.2, 0) is 4.79 Å². The Balaban J connectivity index is 1.37. The summed E-state index contributed by atoms with van der Waals surface area (Å²) in [7, 11) is 1.52. The van der Waals surface area contributed by atoms with Gasteiger partial charge in [0.15, 0.2) is 0 Å². The molecule has 4 rings (SSSR count). The maximum absolute atomic E-state index is 15.6. The molecule has 0 radical (unpaired) electrons. The molecule has 2 heterocycles. The lowest BCUT2D eigenvalue weighted by atomic mass is 9.74. The molecule has 0 aliphatic carbocycles. The average Bonchev–Trinajstić information content (AvgIpc) is 2.89. The number of pyridine rings is 1. The predicted molar refractivity (Wildman–Crippen MR) is 139 cm³/mol. The standard InChI is InChI=1S/C27H28ClF3N2O3S/c1-36-18-3-5-23-19(15-18)25(20(28)16-32-23)22(31)6-7-27(26(34)35)8-10-33(11-9-27)12-13-37-24-14-17(29)2-4-21(24)30/h2-5,14-16,22H,6-13H2,1H3,(H,34,35)/t22-/m0/s1. The molecule has 10 heteroatoms. The van der Waals surface area contributed by atoms with Gasteiger partial charge in [0, 0.05) is 34.3 Å². The molecule has 1 aliphatic rings. The summed E-state index contributed by atoms with van der Waals surface area (Å²) in [6.45, 7) is 1.68. The van der Waals surface area contributed by atoms with Crippen LogP contribution in [0.5, 0.6) is 5.75 Å². The predicted octanol–water partition coefficient (Wildman–Crippen LogP) is 6.92. The summed E-state index contributed by atoms with van der Waals surface area (Å²) in [4.78, 5) is 18.9. The van der Waals surface area contributed by atoms with Gasteiger partial charge in [-0.15, -0.1) is 11.8 Å². The summed E-state index contributed by atoms with van der Waals surface area (Å²) in [5.41, 5.74) is -0.152. The van der Waals surface area contributed by atoms with E-state index in [1.807, 2.05) is 0 Å². The molecular weight excluding hydrogens is 525 g/mol. The molecule has 37 heavy (non-hydrogen) atoms. The van der Waals surface area contributed by atoms with Crippen LogP contribution in [0.25, 0.3) is 10.9 Å². The van der Waals surface area contributed by atoms with Crippen LogP contribution in [0.3, 0.4) is 0 Å². The molecule has 0 unspecified atom stereocenters. The van der Waals surface area contributed by atoms with Gasteiger partial charge in [-0.3, -0.25) is 9.78 Å². The minimum Gasteiger partial charge on any atom is -0.497 e. The number of carboxylic acids is 1. The van der Waals surface area contributed by atoms with Crippen molar-refractivity contribution >= 4 is 40.2 Å². The number of aliphatic carboxylic acids is 1. The normalized spacial score (nSPS) is 16.6. The zero-order valence-corrected chi connectivity index (χ0v) is 21.9. The third kappa shape index (κ3) is 6.33. The first-order chi connectivity index (χ1) is 17.7. The second-order valence-corrected chi connectivity index (χ2v) is 10.8. The van der Waals surface area contributed by atoms with Crippen LogP contribution >= 0.6 is 23.4 Å². The first kappa shape index (κ1) is 27.5. The highest BCUT2D eigenvalue weighted by atomic mass is 35.5. The molecule has 1 saturated heterocycles. The molecule has 2 aromatic carbocycles. The molecule has 5 nitrogen and oxygen atoms in total. The number of carboxylic acid groups (broad SMARTS) is 1. The molecule has 1 aromatic heterocycles. The van der Waals surface area contributed by atoms with Crippen LogP contribution in [-0.4, -0.2) is 53.5 Å². The summed E-state index contributed by atoms with van der Waals surface area (Å²) in [6.07, 6.45) is 0.899. The number of hydrogen-bond donors (Lipinski definition) is 1. The highest BCUT2D eigenvalue weighted by Crippen LogP contribution is 2.42. The first-order valence-corrected chi connectivity index (χ1v) is 13.4. The number of carbonyl (C=O) groups is 1. The summed E-state index contributed by atoms with van der Waals surface area (Å²) in [5, 5.41) is 10.8. The Labute approximate surface area is 223 Å². The topological polar surface area (TPSA) is 62.7 Å². The van der Waals surface area contributed by atoms with E-state index >= 15 is 4.39 Å². The number of fused-ring (bicyclic) bond motifs is 1. The third-order valence-corrected chi connectivity index (χ3v) is 8.39. The van der Waals surface area contributed by atoms with E-state index in [1.54, 1.807) is 18.2 Å². The van der Waals surface area contributed by atoms with Crippen molar-refractivity contribution in [2.75, 3.05) is 32.5 Å². The molecule has 1 atom stereocenters. The van der Waals surface area contributed by atoms with Gasteiger partial charge in [-0.25, -0.2) is 13.2 Å². The van der Waals surface area contributed by atoms with Gasteiger partial charge in [0.2, 0.25) is 0 Å². The zero-order valence-electron chi connectivity index (χ0n) is 20.4. The van der Waals surface area contributed by atoms with Crippen molar-refractivity contribution in [3.8, 4) is 5.75 Å². The van der Waals surface area contributed by atoms with Gasteiger partial charge in [-0.2, -0.15) is 0 Å². The second-order valence-electron chi connectivity index (χ2n) is 9.26. The van der Waals surface area contributed by atoms with Crippen LogP contribution in [0, 0.1) is 17.0 Å². The fraction of sp³-hybridized carbons (Fsp3) is 0.407. The van der Waals surface area contributed by atoms with E-state index in [-0.39, 0.29) is 22.8 Å². The Morgan fingerprint density at radius 1 is 1.24 bits per heavy atom. The summed E-state index contributed by atoms with van der Waals surface area (Å²) < 4.78 is 48.1. The second kappa shape index (κ2) is 11.9.